The van der Waals surface area contributed by atoms with Crippen LogP contribution in [0.4, 0.5) is 0 Å². The fourth-order valence-corrected chi connectivity index (χ4v) is 3.07. The van der Waals surface area contributed by atoms with E-state index in [-0.39, 0.29) is 18.3 Å². The third-order valence-corrected chi connectivity index (χ3v) is 5.72. The standard InChI is InChI=1S/C21H36N6O6/c1-5-11(3)16(26-18(29)14(22)9-28)20(31)25-15(7-13-8-23-10-24-13)19(30)27-17(21(32)33)12(4)6-2/h8,10-12,14-17,28H,5-7,9,22H2,1-4H3,(H,23,24)(H,25,31)(H,26,29)(H,27,30)(H,32,33). The first-order valence-corrected chi connectivity index (χ1v) is 11.0. The molecule has 0 spiro atoms. The molecule has 6 atom stereocenters. The summed E-state index contributed by atoms with van der Waals surface area (Å²) in [5, 5.41) is 26.3. The van der Waals surface area contributed by atoms with Crippen LogP contribution in [0.2, 0.25) is 0 Å². The van der Waals surface area contributed by atoms with Gasteiger partial charge < -0.3 is 36.9 Å². The third-order valence-electron chi connectivity index (χ3n) is 5.72. The number of aromatic nitrogens is 2. The number of nitrogens with one attached hydrogen (secondary N) is 4. The molecule has 1 aromatic heterocycles. The lowest BCUT2D eigenvalue weighted by molar-refractivity contribution is -0.144. The summed E-state index contributed by atoms with van der Waals surface area (Å²) in [6.07, 6.45) is 4.01. The number of rotatable bonds is 14. The van der Waals surface area contributed by atoms with Crippen LogP contribution in [0.15, 0.2) is 12.5 Å². The van der Waals surface area contributed by atoms with Crippen LogP contribution >= 0.6 is 0 Å². The van der Waals surface area contributed by atoms with Gasteiger partial charge in [-0.05, 0) is 11.8 Å². The predicted octanol–water partition coefficient (Wildman–Crippen LogP) is -1.10. The second-order valence-electron chi connectivity index (χ2n) is 8.21. The number of imidazole rings is 1. The van der Waals surface area contributed by atoms with E-state index in [0.717, 1.165) is 0 Å². The van der Waals surface area contributed by atoms with Crippen LogP contribution in [0, 0.1) is 11.8 Å². The van der Waals surface area contributed by atoms with Gasteiger partial charge in [-0.1, -0.05) is 40.5 Å². The van der Waals surface area contributed by atoms with Gasteiger partial charge in [0.2, 0.25) is 17.7 Å². The number of hydrogen-bond acceptors (Lipinski definition) is 7. The molecule has 3 amide bonds. The van der Waals surface area contributed by atoms with Gasteiger partial charge in [-0.15, -0.1) is 0 Å². The average Bonchev–Trinajstić information content (AvgIpc) is 3.31. The monoisotopic (exact) mass is 468 g/mol. The van der Waals surface area contributed by atoms with Gasteiger partial charge >= 0.3 is 5.97 Å². The molecule has 0 aliphatic heterocycles. The molecule has 0 bridgehead atoms. The number of carboxylic acids is 1. The maximum atomic E-state index is 13.1. The van der Waals surface area contributed by atoms with Crippen molar-refractivity contribution in [2.75, 3.05) is 6.61 Å². The number of aliphatic hydroxyl groups excluding tert-OH is 1. The first-order chi connectivity index (χ1) is 15.5. The highest BCUT2D eigenvalue weighted by Crippen LogP contribution is 2.11. The molecule has 186 valence electrons. The molecular formula is C21H36N6O6. The van der Waals surface area contributed by atoms with Crippen LogP contribution in [0.3, 0.4) is 0 Å². The first kappa shape index (κ1) is 28.0. The molecule has 12 heteroatoms. The molecule has 0 radical (unpaired) electrons. The Bertz CT molecular complexity index is 786. The second-order valence-corrected chi connectivity index (χ2v) is 8.21. The molecule has 0 aliphatic carbocycles. The van der Waals surface area contributed by atoms with Crippen molar-refractivity contribution in [2.45, 2.75) is 71.1 Å². The number of aliphatic hydroxyl groups is 1. The summed E-state index contributed by atoms with van der Waals surface area (Å²) in [7, 11) is 0. The largest absolute Gasteiger partial charge is 0.480 e. The molecule has 0 aliphatic rings. The zero-order valence-corrected chi connectivity index (χ0v) is 19.5. The second kappa shape index (κ2) is 13.5. The number of carbonyl (C=O) groups is 4. The van der Waals surface area contributed by atoms with E-state index in [2.05, 4.69) is 25.9 Å². The van der Waals surface area contributed by atoms with Crippen LogP contribution < -0.4 is 21.7 Å². The Morgan fingerprint density at radius 3 is 2.06 bits per heavy atom. The summed E-state index contributed by atoms with van der Waals surface area (Å²) in [6.45, 7) is 6.52. The summed E-state index contributed by atoms with van der Waals surface area (Å²) in [6, 6.07) is -4.46. The number of aromatic amines is 1. The smallest absolute Gasteiger partial charge is 0.326 e. The maximum absolute atomic E-state index is 13.1. The molecular weight excluding hydrogens is 432 g/mol. The molecule has 6 unspecified atom stereocenters. The molecule has 1 rings (SSSR count). The number of nitrogens with two attached hydrogens (primary N) is 1. The zero-order valence-electron chi connectivity index (χ0n) is 19.5. The Hall–Kier alpha value is -2.99. The molecule has 8 N–H and O–H groups in total. The van der Waals surface area contributed by atoms with E-state index in [0.29, 0.717) is 18.5 Å². The minimum Gasteiger partial charge on any atom is -0.480 e. The molecule has 1 heterocycles. The highest BCUT2D eigenvalue weighted by Gasteiger charge is 2.33. The number of hydrogen-bond donors (Lipinski definition) is 7. The number of H-pyrrole nitrogens is 1. The van der Waals surface area contributed by atoms with Crippen molar-refractivity contribution in [2.24, 2.45) is 17.6 Å². The van der Waals surface area contributed by atoms with Gasteiger partial charge in [-0.2, -0.15) is 0 Å². The number of aliphatic carboxylic acids is 1. The lowest BCUT2D eigenvalue weighted by atomic mass is 9.96. The molecule has 0 saturated heterocycles. The molecule has 0 aromatic carbocycles. The predicted molar refractivity (Wildman–Crippen MR) is 120 cm³/mol. The summed E-state index contributed by atoms with van der Waals surface area (Å²) in [5.41, 5.74) is 6.10. The van der Waals surface area contributed by atoms with Crippen molar-refractivity contribution >= 4 is 23.7 Å². The van der Waals surface area contributed by atoms with E-state index in [9.17, 15) is 24.3 Å². The van der Waals surface area contributed by atoms with Crippen molar-refractivity contribution in [1.82, 2.24) is 25.9 Å². The van der Waals surface area contributed by atoms with Gasteiger partial charge in [0.15, 0.2) is 0 Å². The highest BCUT2D eigenvalue weighted by atomic mass is 16.4. The minimum atomic E-state index is -1.19. The van der Waals surface area contributed by atoms with Crippen molar-refractivity contribution in [3.8, 4) is 0 Å². The van der Waals surface area contributed by atoms with E-state index in [4.69, 9.17) is 10.8 Å². The van der Waals surface area contributed by atoms with Crippen molar-refractivity contribution in [3.63, 3.8) is 0 Å². The van der Waals surface area contributed by atoms with Crippen molar-refractivity contribution in [1.29, 1.82) is 0 Å². The van der Waals surface area contributed by atoms with E-state index in [1.165, 1.54) is 12.5 Å². The summed E-state index contributed by atoms with van der Waals surface area (Å²) < 4.78 is 0. The Morgan fingerprint density at radius 2 is 1.58 bits per heavy atom. The fourth-order valence-electron chi connectivity index (χ4n) is 3.07. The van der Waals surface area contributed by atoms with Gasteiger partial charge in [0.05, 0.1) is 12.9 Å². The number of amides is 3. The van der Waals surface area contributed by atoms with E-state index in [1.807, 2.05) is 13.8 Å². The fraction of sp³-hybridized carbons (Fsp3) is 0.667. The topological polar surface area (TPSA) is 200 Å². The lowest BCUT2D eigenvalue weighted by Gasteiger charge is -2.28. The Morgan fingerprint density at radius 1 is 1.00 bits per heavy atom. The summed E-state index contributed by atoms with van der Waals surface area (Å²) in [5.74, 6) is -3.81. The first-order valence-electron chi connectivity index (χ1n) is 11.0. The van der Waals surface area contributed by atoms with Crippen LogP contribution in [0.1, 0.15) is 46.2 Å². The summed E-state index contributed by atoms with van der Waals surface area (Å²) in [4.78, 5) is 56.7. The minimum absolute atomic E-state index is 0.0295. The van der Waals surface area contributed by atoms with Crippen LogP contribution in [-0.4, -0.2) is 74.6 Å². The van der Waals surface area contributed by atoms with E-state index < -0.39 is 54.5 Å². The Kier molecular flexibility index (Phi) is 11.5. The van der Waals surface area contributed by atoms with Crippen LogP contribution in [-0.2, 0) is 25.6 Å². The van der Waals surface area contributed by atoms with Gasteiger partial charge in [0.25, 0.3) is 0 Å². The van der Waals surface area contributed by atoms with Crippen molar-refractivity contribution < 1.29 is 29.4 Å². The molecule has 33 heavy (non-hydrogen) atoms. The Balaban J connectivity index is 3.11. The van der Waals surface area contributed by atoms with Gasteiger partial charge in [-0.3, -0.25) is 14.4 Å². The number of carbonyl (C=O) groups excluding carboxylic acids is 3. The van der Waals surface area contributed by atoms with Crippen LogP contribution in [0.5, 0.6) is 0 Å². The van der Waals surface area contributed by atoms with E-state index >= 15 is 0 Å². The van der Waals surface area contributed by atoms with Gasteiger partial charge in [-0.25, -0.2) is 9.78 Å². The average molecular weight is 469 g/mol. The quantitative estimate of drug-likeness (QED) is 0.178. The number of carboxylic acid groups (broad SMARTS) is 1. The Labute approximate surface area is 193 Å². The maximum Gasteiger partial charge on any atom is 0.326 e. The molecule has 0 fully saturated rings. The lowest BCUT2D eigenvalue weighted by Crippen LogP contribution is -2.59. The molecule has 12 nitrogen and oxygen atoms in total. The third kappa shape index (κ3) is 8.46. The van der Waals surface area contributed by atoms with Crippen molar-refractivity contribution in [3.05, 3.63) is 18.2 Å². The van der Waals surface area contributed by atoms with Gasteiger partial charge in [0, 0.05) is 18.3 Å². The SMILES string of the molecule is CCC(C)C(NC(=O)C(Cc1cnc[nH]1)NC(=O)C(NC(=O)C(N)CO)C(C)CC)C(=O)O. The normalized spacial score (nSPS) is 16.5. The van der Waals surface area contributed by atoms with Crippen LogP contribution in [0.25, 0.3) is 0 Å². The van der Waals surface area contributed by atoms with Gasteiger partial charge in [0.1, 0.15) is 24.2 Å². The molecule has 1 aromatic rings. The van der Waals surface area contributed by atoms with E-state index in [1.54, 1.807) is 13.8 Å². The molecule has 0 saturated carbocycles. The number of nitrogens with zero attached hydrogens (tertiary/aromatic N) is 1. The highest BCUT2D eigenvalue weighted by molar-refractivity contribution is 5.94. The summed E-state index contributed by atoms with van der Waals surface area (Å²) >= 11 is 0. The zero-order chi connectivity index (χ0) is 25.1.